The van der Waals surface area contributed by atoms with Gasteiger partial charge in [-0.3, -0.25) is 4.79 Å². The van der Waals surface area contributed by atoms with Gasteiger partial charge in [0, 0.05) is 18.5 Å². The predicted molar refractivity (Wildman–Crippen MR) is 104 cm³/mol. The molecule has 1 aromatic carbocycles. The van der Waals surface area contributed by atoms with E-state index in [4.69, 9.17) is 11.6 Å². The first-order chi connectivity index (χ1) is 13.5. The van der Waals surface area contributed by atoms with Crippen molar-refractivity contribution < 1.29 is 14.3 Å². The summed E-state index contributed by atoms with van der Waals surface area (Å²) in [5.41, 5.74) is 1.42. The van der Waals surface area contributed by atoms with Crippen molar-refractivity contribution in [2.45, 2.75) is 38.3 Å². The third-order valence-electron chi connectivity index (χ3n) is 4.82. The fourth-order valence-corrected chi connectivity index (χ4v) is 3.36. The maximum Gasteiger partial charge on any atom is 0.337 e. The number of hydrogen-bond acceptors (Lipinski definition) is 7. The molecular formula is C19H22ClN5O3. The number of ether oxygens (including phenoxy) is 1. The van der Waals surface area contributed by atoms with Crippen LogP contribution < -0.4 is 10.6 Å². The number of nitrogens with zero attached hydrogens (tertiary/aromatic N) is 3. The second kappa shape index (κ2) is 9.45. The van der Waals surface area contributed by atoms with Crippen LogP contribution in [0, 0.1) is 5.92 Å². The van der Waals surface area contributed by atoms with Crippen LogP contribution in [-0.2, 0) is 16.1 Å². The van der Waals surface area contributed by atoms with Gasteiger partial charge in [0.2, 0.25) is 17.1 Å². The van der Waals surface area contributed by atoms with E-state index in [2.05, 4.69) is 30.3 Å². The van der Waals surface area contributed by atoms with E-state index < -0.39 is 0 Å². The summed E-state index contributed by atoms with van der Waals surface area (Å²) in [6.45, 7) is 0.432. The smallest absolute Gasteiger partial charge is 0.337 e. The number of hydrogen-bond donors (Lipinski definition) is 2. The van der Waals surface area contributed by atoms with Gasteiger partial charge in [-0.05, 0) is 55.0 Å². The summed E-state index contributed by atoms with van der Waals surface area (Å²) < 4.78 is 4.67. The van der Waals surface area contributed by atoms with E-state index in [1.165, 1.54) is 13.4 Å². The second-order valence-corrected chi connectivity index (χ2v) is 7.02. The first-order valence-electron chi connectivity index (χ1n) is 9.11. The number of carbonyl (C=O) groups is 2. The Morgan fingerprint density at radius 1 is 1.14 bits per heavy atom. The molecule has 0 aliphatic heterocycles. The van der Waals surface area contributed by atoms with E-state index in [1.54, 1.807) is 12.1 Å². The molecule has 0 bridgehead atoms. The zero-order chi connectivity index (χ0) is 19.9. The summed E-state index contributed by atoms with van der Waals surface area (Å²) in [5, 5.41) is 6.38. The van der Waals surface area contributed by atoms with E-state index in [9.17, 15) is 9.59 Å². The summed E-state index contributed by atoms with van der Waals surface area (Å²) in [6.07, 6.45) is 4.67. The second-order valence-electron chi connectivity index (χ2n) is 6.68. The van der Waals surface area contributed by atoms with Crippen LogP contribution in [0.25, 0.3) is 0 Å². The van der Waals surface area contributed by atoms with Crippen LogP contribution in [0.2, 0.25) is 5.28 Å². The predicted octanol–water partition coefficient (Wildman–Crippen LogP) is 2.60. The van der Waals surface area contributed by atoms with Gasteiger partial charge in [-0.25, -0.2) is 14.8 Å². The van der Waals surface area contributed by atoms with Gasteiger partial charge in [-0.1, -0.05) is 12.1 Å². The molecule has 0 spiro atoms. The molecule has 1 aliphatic rings. The minimum absolute atomic E-state index is 0.00524. The summed E-state index contributed by atoms with van der Waals surface area (Å²) in [4.78, 5) is 35.7. The molecular weight excluding hydrogens is 382 g/mol. The minimum atomic E-state index is -0.375. The van der Waals surface area contributed by atoms with E-state index in [0.717, 1.165) is 31.2 Å². The van der Waals surface area contributed by atoms with Crippen molar-refractivity contribution in [1.82, 2.24) is 20.3 Å². The van der Waals surface area contributed by atoms with Crippen LogP contribution in [-0.4, -0.2) is 40.0 Å². The Morgan fingerprint density at radius 3 is 2.50 bits per heavy atom. The number of anilines is 1. The van der Waals surface area contributed by atoms with Crippen molar-refractivity contribution in [2.75, 3.05) is 12.4 Å². The average molecular weight is 404 g/mol. The molecule has 8 nitrogen and oxygen atoms in total. The Balaban J connectivity index is 1.43. The highest BCUT2D eigenvalue weighted by molar-refractivity contribution is 6.28. The van der Waals surface area contributed by atoms with Gasteiger partial charge >= 0.3 is 5.97 Å². The van der Waals surface area contributed by atoms with Crippen LogP contribution in [0.1, 0.15) is 41.6 Å². The number of amides is 1. The number of benzene rings is 1. The number of rotatable bonds is 6. The van der Waals surface area contributed by atoms with Gasteiger partial charge in [0.15, 0.2) is 0 Å². The normalized spacial score (nSPS) is 18.9. The van der Waals surface area contributed by atoms with E-state index in [-0.39, 0.29) is 29.1 Å². The van der Waals surface area contributed by atoms with Gasteiger partial charge in [-0.15, -0.1) is 0 Å². The molecule has 9 heteroatoms. The lowest BCUT2D eigenvalue weighted by atomic mass is 9.85. The molecule has 0 atom stereocenters. The molecule has 1 aliphatic carbocycles. The first-order valence-corrected chi connectivity index (χ1v) is 9.49. The molecule has 1 fully saturated rings. The van der Waals surface area contributed by atoms with Crippen molar-refractivity contribution in [3.05, 3.63) is 47.0 Å². The lowest BCUT2D eigenvalue weighted by Gasteiger charge is -2.28. The molecule has 2 N–H and O–H groups in total. The molecule has 0 unspecified atom stereocenters. The largest absolute Gasteiger partial charge is 0.465 e. The highest BCUT2D eigenvalue weighted by Crippen LogP contribution is 2.26. The Morgan fingerprint density at radius 2 is 1.86 bits per heavy atom. The molecule has 1 saturated carbocycles. The standard InChI is InChI=1S/C19H22ClN5O3/c1-28-17(27)14-4-2-12(3-5-14)10-21-16(26)13-6-8-15(9-7-13)24-19-23-11-22-18(20)25-19/h2-5,11,13,15H,6-10H2,1H3,(H,21,26)(H,22,23,24,25). The van der Waals surface area contributed by atoms with Gasteiger partial charge in [-0.2, -0.15) is 4.98 Å². The maximum absolute atomic E-state index is 12.4. The quantitative estimate of drug-likeness (QED) is 0.714. The van der Waals surface area contributed by atoms with Gasteiger partial charge in [0.05, 0.1) is 12.7 Å². The first kappa shape index (κ1) is 20.0. The fraction of sp³-hybridized carbons (Fsp3) is 0.421. The molecule has 0 saturated heterocycles. The van der Waals surface area contributed by atoms with Crippen molar-refractivity contribution >= 4 is 29.4 Å². The molecule has 2 aromatic rings. The van der Waals surface area contributed by atoms with Crippen LogP contribution in [0.4, 0.5) is 5.95 Å². The van der Waals surface area contributed by atoms with E-state index in [1.807, 2.05) is 12.1 Å². The van der Waals surface area contributed by atoms with Crippen molar-refractivity contribution in [3.63, 3.8) is 0 Å². The van der Waals surface area contributed by atoms with E-state index in [0.29, 0.717) is 18.1 Å². The van der Waals surface area contributed by atoms with Crippen molar-refractivity contribution in [3.8, 4) is 0 Å². The van der Waals surface area contributed by atoms with Gasteiger partial charge in [0.25, 0.3) is 0 Å². The SMILES string of the molecule is COC(=O)c1ccc(CNC(=O)C2CCC(Nc3ncnc(Cl)n3)CC2)cc1. The number of esters is 1. The van der Waals surface area contributed by atoms with Crippen LogP contribution in [0.3, 0.4) is 0 Å². The highest BCUT2D eigenvalue weighted by Gasteiger charge is 2.26. The number of methoxy groups -OCH3 is 1. The van der Waals surface area contributed by atoms with Crippen molar-refractivity contribution in [2.24, 2.45) is 5.92 Å². The minimum Gasteiger partial charge on any atom is -0.465 e. The molecule has 3 rings (SSSR count). The molecule has 1 heterocycles. The fourth-order valence-electron chi connectivity index (χ4n) is 3.24. The number of nitrogens with one attached hydrogen (secondary N) is 2. The molecule has 28 heavy (non-hydrogen) atoms. The maximum atomic E-state index is 12.4. The number of halogens is 1. The van der Waals surface area contributed by atoms with Crippen LogP contribution in [0.5, 0.6) is 0 Å². The Bertz CT molecular complexity index is 823. The zero-order valence-corrected chi connectivity index (χ0v) is 16.3. The summed E-state index contributed by atoms with van der Waals surface area (Å²) in [5.74, 6) is 0.136. The number of carbonyl (C=O) groups excluding carboxylic acids is 2. The third-order valence-corrected chi connectivity index (χ3v) is 5.00. The van der Waals surface area contributed by atoms with Crippen LogP contribution in [0.15, 0.2) is 30.6 Å². The summed E-state index contributed by atoms with van der Waals surface area (Å²) >= 11 is 5.77. The summed E-state index contributed by atoms with van der Waals surface area (Å²) in [7, 11) is 1.35. The molecule has 0 radical (unpaired) electrons. The zero-order valence-electron chi connectivity index (χ0n) is 15.5. The van der Waals surface area contributed by atoms with Gasteiger partial charge < -0.3 is 15.4 Å². The number of aromatic nitrogens is 3. The Kier molecular flexibility index (Phi) is 6.76. The molecule has 1 amide bonds. The van der Waals surface area contributed by atoms with Crippen LogP contribution >= 0.6 is 11.6 Å². The monoisotopic (exact) mass is 403 g/mol. The molecule has 148 valence electrons. The Labute approximate surface area is 168 Å². The van der Waals surface area contributed by atoms with E-state index >= 15 is 0 Å². The molecule has 1 aromatic heterocycles. The third kappa shape index (κ3) is 5.39. The van der Waals surface area contributed by atoms with Crippen molar-refractivity contribution in [1.29, 1.82) is 0 Å². The lowest BCUT2D eigenvalue weighted by molar-refractivity contribution is -0.126. The van der Waals surface area contributed by atoms with Gasteiger partial charge in [0.1, 0.15) is 6.33 Å². The topological polar surface area (TPSA) is 106 Å². The highest BCUT2D eigenvalue weighted by atomic mass is 35.5. The average Bonchev–Trinajstić information content (AvgIpc) is 2.72. The summed E-state index contributed by atoms with van der Waals surface area (Å²) in [6, 6.07) is 7.23. The Hall–Kier alpha value is -2.74. The lowest BCUT2D eigenvalue weighted by Crippen LogP contribution is -2.35.